The van der Waals surface area contributed by atoms with Crippen molar-refractivity contribution in [3.63, 3.8) is 0 Å². The topological polar surface area (TPSA) is 37.3 Å². The highest BCUT2D eigenvalue weighted by atomic mass is 32.2. The zero-order valence-corrected chi connectivity index (χ0v) is 9.11. The van der Waals surface area contributed by atoms with E-state index in [1.807, 2.05) is 12.3 Å². The standard InChI is InChI=1S/C10H8O2S2/c1-13-9-4-7-6(5-11)2-3-8(12)10(7)14-9/h2-5,12H,1H3. The number of hydrogen-bond acceptors (Lipinski definition) is 4. The highest BCUT2D eigenvalue weighted by molar-refractivity contribution is 8.00. The number of fused-ring (bicyclic) bond motifs is 1. The zero-order chi connectivity index (χ0) is 10.1. The van der Waals surface area contributed by atoms with E-state index >= 15 is 0 Å². The Hall–Kier alpha value is -1.00. The number of carbonyl (C=O) groups is 1. The number of benzene rings is 1. The number of rotatable bonds is 2. The molecule has 0 aliphatic rings. The first-order valence-electron chi connectivity index (χ1n) is 4.01. The molecule has 0 amide bonds. The van der Waals surface area contributed by atoms with Crippen LogP contribution >= 0.6 is 23.1 Å². The van der Waals surface area contributed by atoms with Crippen LogP contribution in [0.2, 0.25) is 0 Å². The van der Waals surface area contributed by atoms with E-state index in [2.05, 4.69) is 0 Å². The molecule has 0 bridgehead atoms. The third-order valence-corrected chi connectivity index (χ3v) is 4.22. The van der Waals surface area contributed by atoms with Crippen LogP contribution in [0.25, 0.3) is 10.1 Å². The summed E-state index contributed by atoms with van der Waals surface area (Å²) >= 11 is 3.12. The Morgan fingerprint density at radius 1 is 1.50 bits per heavy atom. The molecular weight excluding hydrogens is 216 g/mol. The van der Waals surface area contributed by atoms with Crippen molar-refractivity contribution in [2.75, 3.05) is 6.26 Å². The van der Waals surface area contributed by atoms with Crippen LogP contribution in [0.4, 0.5) is 0 Å². The molecule has 1 aromatic heterocycles. The fourth-order valence-corrected chi connectivity index (χ4v) is 2.97. The second kappa shape index (κ2) is 3.63. The number of thioether (sulfide) groups is 1. The molecule has 14 heavy (non-hydrogen) atoms. The maximum atomic E-state index is 10.7. The molecular formula is C10H8O2S2. The first kappa shape index (κ1) is 9.55. The molecule has 1 aromatic carbocycles. The van der Waals surface area contributed by atoms with Crippen LogP contribution in [0, 0.1) is 0 Å². The van der Waals surface area contributed by atoms with Gasteiger partial charge < -0.3 is 5.11 Å². The first-order valence-corrected chi connectivity index (χ1v) is 6.05. The Labute approximate surface area is 89.6 Å². The van der Waals surface area contributed by atoms with Gasteiger partial charge in [0.25, 0.3) is 0 Å². The van der Waals surface area contributed by atoms with Gasteiger partial charge >= 0.3 is 0 Å². The van der Waals surface area contributed by atoms with Gasteiger partial charge in [0.15, 0.2) is 6.29 Å². The second-order valence-corrected chi connectivity index (χ2v) is 4.96. The normalized spacial score (nSPS) is 10.6. The van der Waals surface area contributed by atoms with E-state index in [0.29, 0.717) is 5.56 Å². The van der Waals surface area contributed by atoms with Crippen LogP contribution in [0.3, 0.4) is 0 Å². The lowest BCUT2D eigenvalue weighted by Crippen LogP contribution is -1.78. The Morgan fingerprint density at radius 2 is 2.29 bits per heavy atom. The lowest BCUT2D eigenvalue weighted by atomic mass is 10.1. The van der Waals surface area contributed by atoms with Gasteiger partial charge in [-0.15, -0.1) is 23.1 Å². The van der Waals surface area contributed by atoms with Gasteiger partial charge in [0.1, 0.15) is 5.75 Å². The summed E-state index contributed by atoms with van der Waals surface area (Å²) in [6.07, 6.45) is 2.79. The molecule has 0 radical (unpaired) electrons. The number of thiophene rings is 1. The van der Waals surface area contributed by atoms with E-state index in [4.69, 9.17) is 0 Å². The molecule has 0 unspecified atom stereocenters. The Balaban J connectivity index is 2.81. The third-order valence-electron chi connectivity index (χ3n) is 2.00. The first-order chi connectivity index (χ1) is 6.76. The van der Waals surface area contributed by atoms with Crippen LogP contribution in [0.15, 0.2) is 22.4 Å². The molecule has 0 saturated heterocycles. The zero-order valence-electron chi connectivity index (χ0n) is 7.48. The minimum Gasteiger partial charge on any atom is -0.506 e. The van der Waals surface area contributed by atoms with E-state index in [-0.39, 0.29) is 5.75 Å². The van der Waals surface area contributed by atoms with E-state index in [0.717, 1.165) is 20.6 Å². The van der Waals surface area contributed by atoms with Crippen LogP contribution < -0.4 is 0 Å². The summed E-state index contributed by atoms with van der Waals surface area (Å²) in [5.74, 6) is 0.246. The van der Waals surface area contributed by atoms with Crippen molar-refractivity contribution in [1.82, 2.24) is 0 Å². The minimum absolute atomic E-state index is 0.246. The van der Waals surface area contributed by atoms with E-state index in [9.17, 15) is 9.90 Å². The predicted molar refractivity (Wildman–Crippen MR) is 60.7 cm³/mol. The third kappa shape index (κ3) is 1.40. The quantitative estimate of drug-likeness (QED) is 0.629. The maximum absolute atomic E-state index is 10.7. The molecule has 1 heterocycles. The Kier molecular flexibility index (Phi) is 2.48. The molecule has 4 heteroatoms. The van der Waals surface area contributed by atoms with Gasteiger partial charge in [0.2, 0.25) is 0 Å². The van der Waals surface area contributed by atoms with Crippen molar-refractivity contribution in [3.8, 4) is 5.75 Å². The molecule has 72 valence electrons. The fourth-order valence-electron chi connectivity index (χ4n) is 1.31. The summed E-state index contributed by atoms with van der Waals surface area (Å²) in [4.78, 5) is 10.7. The number of aldehydes is 1. The van der Waals surface area contributed by atoms with Crippen molar-refractivity contribution >= 4 is 39.5 Å². The van der Waals surface area contributed by atoms with Crippen LogP contribution in [-0.2, 0) is 0 Å². The summed E-state index contributed by atoms with van der Waals surface area (Å²) in [6.45, 7) is 0. The minimum atomic E-state index is 0.246. The average Bonchev–Trinajstić information content (AvgIpc) is 2.63. The number of aromatic hydroxyl groups is 1. The predicted octanol–water partition coefficient (Wildman–Crippen LogP) is 3.14. The van der Waals surface area contributed by atoms with Gasteiger partial charge in [0.05, 0.1) is 8.91 Å². The smallest absolute Gasteiger partial charge is 0.150 e. The van der Waals surface area contributed by atoms with Crippen molar-refractivity contribution < 1.29 is 9.90 Å². The summed E-state index contributed by atoms with van der Waals surface area (Å²) in [5.41, 5.74) is 0.634. The average molecular weight is 224 g/mol. The van der Waals surface area contributed by atoms with E-state index < -0.39 is 0 Å². The van der Waals surface area contributed by atoms with Gasteiger partial charge in [-0.3, -0.25) is 4.79 Å². The summed E-state index contributed by atoms with van der Waals surface area (Å²) in [7, 11) is 0. The van der Waals surface area contributed by atoms with E-state index in [1.165, 1.54) is 11.3 Å². The van der Waals surface area contributed by atoms with Crippen molar-refractivity contribution in [2.24, 2.45) is 0 Å². The van der Waals surface area contributed by atoms with Gasteiger partial charge in [-0.2, -0.15) is 0 Å². The number of phenols is 1. The maximum Gasteiger partial charge on any atom is 0.150 e. The van der Waals surface area contributed by atoms with Gasteiger partial charge in [0, 0.05) is 10.9 Å². The molecule has 2 nitrogen and oxygen atoms in total. The van der Waals surface area contributed by atoms with E-state index in [1.54, 1.807) is 23.9 Å². The van der Waals surface area contributed by atoms with Crippen molar-refractivity contribution in [1.29, 1.82) is 0 Å². The van der Waals surface area contributed by atoms with Crippen molar-refractivity contribution in [3.05, 3.63) is 23.8 Å². The van der Waals surface area contributed by atoms with Gasteiger partial charge in [-0.1, -0.05) is 0 Å². The molecule has 0 atom stereocenters. The molecule has 1 N–H and O–H groups in total. The highest BCUT2D eigenvalue weighted by Gasteiger charge is 2.08. The Bertz CT molecular complexity index is 488. The molecule has 0 aliphatic heterocycles. The summed E-state index contributed by atoms with van der Waals surface area (Å²) in [5, 5.41) is 10.4. The molecule has 2 rings (SSSR count). The molecule has 0 saturated carbocycles. The number of phenolic OH excluding ortho intramolecular Hbond substituents is 1. The highest BCUT2D eigenvalue weighted by Crippen LogP contribution is 2.38. The Morgan fingerprint density at radius 3 is 2.93 bits per heavy atom. The summed E-state index contributed by atoms with van der Waals surface area (Å²) in [6, 6.07) is 5.14. The SMILES string of the molecule is CSc1cc2c(C=O)ccc(O)c2s1. The molecule has 0 fully saturated rings. The fraction of sp³-hybridized carbons (Fsp3) is 0.100. The lowest BCUT2D eigenvalue weighted by molar-refractivity contribution is 0.112. The van der Waals surface area contributed by atoms with Gasteiger partial charge in [-0.25, -0.2) is 0 Å². The van der Waals surface area contributed by atoms with Crippen LogP contribution in [0.5, 0.6) is 5.75 Å². The molecule has 2 aromatic rings. The van der Waals surface area contributed by atoms with Gasteiger partial charge in [-0.05, 0) is 24.5 Å². The monoisotopic (exact) mass is 224 g/mol. The van der Waals surface area contributed by atoms with Crippen LogP contribution in [0.1, 0.15) is 10.4 Å². The van der Waals surface area contributed by atoms with Crippen LogP contribution in [-0.4, -0.2) is 17.6 Å². The molecule has 0 spiro atoms. The number of carbonyl (C=O) groups excluding carboxylic acids is 1. The largest absolute Gasteiger partial charge is 0.506 e. The molecule has 0 aliphatic carbocycles. The second-order valence-electron chi connectivity index (χ2n) is 2.80. The lowest BCUT2D eigenvalue weighted by Gasteiger charge is -1.95. The number of hydrogen-bond donors (Lipinski definition) is 1. The van der Waals surface area contributed by atoms with Crippen molar-refractivity contribution in [2.45, 2.75) is 4.21 Å². The summed E-state index contributed by atoms with van der Waals surface area (Å²) < 4.78 is 1.89.